The maximum atomic E-state index is 12.8. The molecule has 158 valence electrons. The molecule has 29 heavy (non-hydrogen) atoms. The zero-order chi connectivity index (χ0) is 21.8. The van der Waals surface area contributed by atoms with E-state index in [4.69, 9.17) is 0 Å². The molecule has 2 aromatic rings. The Morgan fingerprint density at radius 1 is 0.966 bits per heavy atom. The SMILES string of the molecule is Cc1ccc(S(=O)(=O)N(C)c2ccc(C(=O)NCC(C(C)C)N(C)C)cc2)cc1. The Bertz CT molecular complexity index is 913. The van der Waals surface area contributed by atoms with E-state index in [9.17, 15) is 13.2 Å². The van der Waals surface area contributed by atoms with Crippen LogP contribution in [0.1, 0.15) is 29.8 Å². The molecular formula is C22H31N3O3S. The molecule has 0 aliphatic heterocycles. The summed E-state index contributed by atoms with van der Waals surface area (Å²) in [7, 11) is 1.85. The Balaban J connectivity index is 2.11. The van der Waals surface area contributed by atoms with Crippen LogP contribution < -0.4 is 9.62 Å². The molecule has 0 radical (unpaired) electrons. The number of carbonyl (C=O) groups excluding carboxylic acids is 1. The predicted octanol–water partition coefficient (Wildman–Crippen LogP) is 3.14. The number of benzene rings is 2. The van der Waals surface area contributed by atoms with Crippen molar-refractivity contribution in [3.8, 4) is 0 Å². The lowest BCUT2D eigenvalue weighted by Gasteiger charge is -2.28. The Hall–Kier alpha value is -2.38. The molecule has 1 unspecified atom stereocenters. The lowest BCUT2D eigenvalue weighted by molar-refractivity contribution is 0.0934. The van der Waals surface area contributed by atoms with Crippen molar-refractivity contribution in [1.29, 1.82) is 0 Å². The first-order valence-electron chi connectivity index (χ1n) is 9.64. The fourth-order valence-corrected chi connectivity index (χ4v) is 4.34. The molecule has 1 N–H and O–H groups in total. The molecule has 0 aliphatic carbocycles. The second-order valence-corrected chi connectivity index (χ2v) is 9.79. The summed E-state index contributed by atoms with van der Waals surface area (Å²) in [6.45, 7) is 6.70. The number of hydrogen-bond acceptors (Lipinski definition) is 4. The van der Waals surface area contributed by atoms with Crippen molar-refractivity contribution in [2.24, 2.45) is 5.92 Å². The van der Waals surface area contributed by atoms with E-state index in [0.29, 0.717) is 23.7 Å². The topological polar surface area (TPSA) is 69.7 Å². The van der Waals surface area contributed by atoms with Crippen LogP contribution in [0.25, 0.3) is 0 Å². The van der Waals surface area contributed by atoms with Gasteiger partial charge in [-0.15, -0.1) is 0 Å². The number of nitrogens with one attached hydrogen (secondary N) is 1. The van der Waals surface area contributed by atoms with Crippen LogP contribution in [0.5, 0.6) is 0 Å². The molecule has 7 heteroatoms. The highest BCUT2D eigenvalue weighted by Crippen LogP contribution is 2.22. The number of likely N-dealkylation sites (N-methyl/N-ethyl adjacent to an activating group) is 1. The predicted molar refractivity (Wildman–Crippen MR) is 118 cm³/mol. The fraction of sp³-hybridized carbons (Fsp3) is 0.409. The normalized spacial score (nSPS) is 12.8. The molecule has 1 atom stereocenters. The van der Waals surface area contributed by atoms with E-state index in [1.807, 2.05) is 21.0 Å². The number of sulfonamides is 1. The molecule has 0 bridgehead atoms. The quantitative estimate of drug-likeness (QED) is 0.716. The minimum absolute atomic E-state index is 0.173. The highest BCUT2D eigenvalue weighted by molar-refractivity contribution is 7.92. The number of anilines is 1. The Morgan fingerprint density at radius 2 is 1.52 bits per heavy atom. The molecule has 1 amide bonds. The smallest absolute Gasteiger partial charge is 0.264 e. The minimum Gasteiger partial charge on any atom is -0.350 e. The number of amides is 1. The van der Waals surface area contributed by atoms with Gasteiger partial charge in [0, 0.05) is 25.2 Å². The number of nitrogens with zero attached hydrogens (tertiary/aromatic N) is 2. The zero-order valence-electron chi connectivity index (χ0n) is 18.0. The first-order valence-corrected chi connectivity index (χ1v) is 11.1. The molecule has 6 nitrogen and oxygen atoms in total. The summed E-state index contributed by atoms with van der Waals surface area (Å²) in [6, 6.07) is 13.6. The molecule has 0 aliphatic rings. The molecule has 2 aromatic carbocycles. The van der Waals surface area contributed by atoms with E-state index in [1.165, 1.54) is 11.4 Å². The molecule has 0 heterocycles. The minimum atomic E-state index is -3.66. The summed E-state index contributed by atoms with van der Waals surface area (Å²) in [5, 5.41) is 2.96. The molecule has 0 aromatic heterocycles. The molecule has 0 spiro atoms. The van der Waals surface area contributed by atoms with E-state index >= 15 is 0 Å². The van der Waals surface area contributed by atoms with Crippen LogP contribution >= 0.6 is 0 Å². The number of carbonyl (C=O) groups is 1. The van der Waals surface area contributed by atoms with Gasteiger partial charge < -0.3 is 10.2 Å². The van der Waals surface area contributed by atoms with Crippen LogP contribution in [0, 0.1) is 12.8 Å². The van der Waals surface area contributed by atoms with E-state index in [0.717, 1.165) is 5.56 Å². The van der Waals surface area contributed by atoms with Crippen molar-refractivity contribution in [3.05, 3.63) is 59.7 Å². The largest absolute Gasteiger partial charge is 0.350 e. The summed E-state index contributed by atoms with van der Waals surface area (Å²) in [4.78, 5) is 14.8. The lowest BCUT2D eigenvalue weighted by atomic mass is 10.0. The van der Waals surface area contributed by atoms with E-state index in [2.05, 4.69) is 24.1 Å². The van der Waals surface area contributed by atoms with Gasteiger partial charge >= 0.3 is 0 Å². The summed E-state index contributed by atoms with van der Waals surface area (Å²) in [5.74, 6) is 0.237. The van der Waals surface area contributed by atoms with Crippen LogP contribution in [0.3, 0.4) is 0 Å². The Labute approximate surface area is 174 Å². The summed E-state index contributed by atoms with van der Waals surface area (Å²) >= 11 is 0. The highest BCUT2D eigenvalue weighted by Gasteiger charge is 2.22. The number of aryl methyl sites for hydroxylation is 1. The van der Waals surface area contributed by atoms with E-state index in [-0.39, 0.29) is 16.8 Å². The van der Waals surface area contributed by atoms with Crippen LogP contribution in [0.15, 0.2) is 53.4 Å². The third kappa shape index (κ3) is 5.58. The van der Waals surface area contributed by atoms with Crippen molar-refractivity contribution >= 4 is 21.6 Å². The van der Waals surface area contributed by atoms with Gasteiger partial charge in [-0.2, -0.15) is 0 Å². The monoisotopic (exact) mass is 417 g/mol. The van der Waals surface area contributed by atoms with Gasteiger partial charge in [0.15, 0.2) is 0 Å². The van der Waals surface area contributed by atoms with Gasteiger partial charge in [0.05, 0.1) is 10.6 Å². The van der Waals surface area contributed by atoms with Crippen molar-refractivity contribution in [1.82, 2.24) is 10.2 Å². The summed E-state index contributed by atoms with van der Waals surface area (Å²) < 4.78 is 26.8. The van der Waals surface area contributed by atoms with Gasteiger partial charge in [0.2, 0.25) is 0 Å². The van der Waals surface area contributed by atoms with Crippen LogP contribution in [0.2, 0.25) is 0 Å². The second kappa shape index (κ2) is 9.41. The van der Waals surface area contributed by atoms with Gasteiger partial charge in [-0.25, -0.2) is 8.42 Å². The zero-order valence-corrected chi connectivity index (χ0v) is 18.8. The van der Waals surface area contributed by atoms with Crippen molar-refractivity contribution in [2.75, 3.05) is 32.0 Å². The molecule has 0 fully saturated rings. The standard InChI is InChI=1S/C22H31N3O3S/c1-16(2)21(24(4)5)15-23-22(26)18-9-11-19(12-10-18)25(6)29(27,28)20-13-7-17(3)8-14-20/h7-14,16,21H,15H2,1-6H3,(H,23,26). The van der Waals surface area contributed by atoms with Crippen molar-refractivity contribution in [3.63, 3.8) is 0 Å². The van der Waals surface area contributed by atoms with Crippen molar-refractivity contribution < 1.29 is 13.2 Å². The molecule has 2 rings (SSSR count). The van der Waals surface area contributed by atoms with Crippen LogP contribution in [0.4, 0.5) is 5.69 Å². The highest BCUT2D eigenvalue weighted by atomic mass is 32.2. The lowest BCUT2D eigenvalue weighted by Crippen LogP contribution is -2.43. The van der Waals surface area contributed by atoms with Crippen molar-refractivity contribution in [2.45, 2.75) is 31.7 Å². The number of hydrogen-bond donors (Lipinski definition) is 1. The van der Waals surface area contributed by atoms with E-state index < -0.39 is 10.0 Å². The van der Waals surface area contributed by atoms with Gasteiger partial charge in [-0.3, -0.25) is 9.10 Å². The molecular weight excluding hydrogens is 386 g/mol. The fourth-order valence-electron chi connectivity index (χ4n) is 3.14. The molecule has 0 saturated carbocycles. The summed E-state index contributed by atoms with van der Waals surface area (Å²) in [5.41, 5.74) is 1.99. The maximum Gasteiger partial charge on any atom is 0.264 e. The first kappa shape index (κ1) is 22.9. The van der Waals surface area contributed by atoms with Gasteiger partial charge in [0.25, 0.3) is 15.9 Å². The Morgan fingerprint density at radius 3 is 2.00 bits per heavy atom. The average Bonchev–Trinajstić information content (AvgIpc) is 2.67. The third-order valence-corrected chi connectivity index (χ3v) is 6.88. The molecule has 0 saturated heterocycles. The van der Waals surface area contributed by atoms with Gasteiger partial charge in [-0.05, 0) is 63.3 Å². The van der Waals surface area contributed by atoms with E-state index in [1.54, 1.807) is 48.5 Å². The number of rotatable bonds is 8. The van der Waals surface area contributed by atoms with Crippen LogP contribution in [-0.4, -0.2) is 53.0 Å². The summed E-state index contributed by atoms with van der Waals surface area (Å²) in [6.07, 6.45) is 0. The second-order valence-electron chi connectivity index (χ2n) is 7.82. The third-order valence-electron chi connectivity index (χ3n) is 5.08. The van der Waals surface area contributed by atoms with Gasteiger partial charge in [-0.1, -0.05) is 31.5 Å². The Kier molecular flexibility index (Phi) is 7.43. The van der Waals surface area contributed by atoms with Crippen LogP contribution in [-0.2, 0) is 10.0 Å². The average molecular weight is 418 g/mol. The van der Waals surface area contributed by atoms with Gasteiger partial charge in [0.1, 0.15) is 0 Å². The first-order chi connectivity index (χ1) is 13.5. The maximum absolute atomic E-state index is 12.8.